The normalized spacial score (nSPS) is 27.7. The molecule has 3 heteroatoms. The van der Waals surface area contributed by atoms with Crippen LogP contribution < -0.4 is 5.32 Å². The molecule has 1 fully saturated rings. The SMILES string of the molecule is CCCNC(C)C(C)(CC)N1CCSC(C)C1. The highest BCUT2D eigenvalue weighted by Gasteiger charge is 2.37. The highest BCUT2D eigenvalue weighted by molar-refractivity contribution is 7.99. The van der Waals surface area contributed by atoms with Crippen molar-refractivity contribution in [2.45, 2.75) is 64.3 Å². The molecule has 1 aliphatic rings. The number of thioether (sulfide) groups is 1. The second-order valence-electron chi connectivity index (χ2n) is 5.51. The molecule has 3 atom stereocenters. The highest BCUT2D eigenvalue weighted by Crippen LogP contribution is 2.29. The summed E-state index contributed by atoms with van der Waals surface area (Å²) in [4.78, 5) is 2.71. The monoisotopic (exact) mass is 258 g/mol. The maximum Gasteiger partial charge on any atom is 0.0329 e. The smallest absolute Gasteiger partial charge is 0.0329 e. The van der Waals surface area contributed by atoms with E-state index >= 15 is 0 Å². The first-order chi connectivity index (χ1) is 8.04. The van der Waals surface area contributed by atoms with Gasteiger partial charge in [-0.15, -0.1) is 0 Å². The summed E-state index contributed by atoms with van der Waals surface area (Å²) in [6.07, 6.45) is 2.44. The fourth-order valence-corrected chi connectivity index (χ4v) is 3.68. The molecule has 0 spiro atoms. The van der Waals surface area contributed by atoms with E-state index in [0.29, 0.717) is 11.6 Å². The number of nitrogens with zero attached hydrogens (tertiary/aromatic N) is 1. The van der Waals surface area contributed by atoms with Crippen LogP contribution in [0.5, 0.6) is 0 Å². The number of rotatable bonds is 6. The molecule has 0 aromatic carbocycles. The third kappa shape index (κ3) is 3.87. The van der Waals surface area contributed by atoms with Crippen LogP contribution in [0.4, 0.5) is 0 Å². The minimum absolute atomic E-state index is 0.310. The van der Waals surface area contributed by atoms with E-state index in [2.05, 4.69) is 56.6 Å². The van der Waals surface area contributed by atoms with Crippen molar-refractivity contribution in [2.75, 3.05) is 25.4 Å². The van der Waals surface area contributed by atoms with Gasteiger partial charge in [0.15, 0.2) is 0 Å². The molecule has 0 saturated carbocycles. The van der Waals surface area contributed by atoms with Gasteiger partial charge in [0.2, 0.25) is 0 Å². The lowest BCUT2D eigenvalue weighted by molar-refractivity contribution is 0.0705. The lowest BCUT2D eigenvalue weighted by Crippen LogP contribution is -2.61. The van der Waals surface area contributed by atoms with Crippen molar-refractivity contribution < 1.29 is 0 Å². The van der Waals surface area contributed by atoms with E-state index in [1.807, 2.05) is 0 Å². The first-order valence-electron chi connectivity index (χ1n) is 7.14. The van der Waals surface area contributed by atoms with Crippen LogP contribution in [-0.4, -0.2) is 47.1 Å². The quantitative estimate of drug-likeness (QED) is 0.788. The Kier molecular flexibility index (Phi) is 6.32. The Labute approximate surface area is 112 Å². The summed E-state index contributed by atoms with van der Waals surface area (Å²) < 4.78 is 0. The average Bonchev–Trinajstić information content (AvgIpc) is 2.34. The molecule has 1 rings (SSSR count). The van der Waals surface area contributed by atoms with Gasteiger partial charge >= 0.3 is 0 Å². The predicted octanol–water partition coefficient (Wildman–Crippen LogP) is 2.98. The standard InChI is InChI=1S/C14H30N2S/c1-6-8-15-13(4)14(5,7-2)16-9-10-17-12(3)11-16/h12-13,15H,6-11H2,1-5H3. The van der Waals surface area contributed by atoms with Crippen molar-refractivity contribution >= 4 is 11.8 Å². The molecule has 0 aromatic rings. The van der Waals surface area contributed by atoms with E-state index in [-0.39, 0.29) is 0 Å². The molecule has 0 radical (unpaired) electrons. The van der Waals surface area contributed by atoms with Gasteiger partial charge in [0.05, 0.1) is 0 Å². The van der Waals surface area contributed by atoms with Crippen molar-refractivity contribution in [3.63, 3.8) is 0 Å². The molecule has 0 amide bonds. The zero-order valence-corrected chi connectivity index (χ0v) is 13.1. The Morgan fingerprint density at radius 1 is 1.47 bits per heavy atom. The third-order valence-corrected chi connectivity index (χ3v) is 5.45. The molecule has 0 bridgehead atoms. The highest BCUT2D eigenvalue weighted by atomic mass is 32.2. The Balaban J connectivity index is 2.64. The van der Waals surface area contributed by atoms with E-state index < -0.39 is 0 Å². The van der Waals surface area contributed by atoms with E-state index in [9.17, 15) is 0 Å². The minimum Gasteiger partial charge on any atom is -0.312 e. The molecule has 0 aliphatic carbocycles. The van der Waals surface area contributed by atoms with Gasteiger partial charge in [0, 0.05) is 35.7 Å². The van der Waals surface area contributed by atoms with E-state index in [1.54, 1.807) is 0 Å². The lowest BCUT2D eigenvalue weighted by atomic mass is 9.87. The number of nitrogens with one attached hydrogen (secondary N) is 1. The van der Waals surface area contributed by atoms with Crippen LogP contribution >= 0.6 is 11.8 Å². The van der Waals surface area contributed by atoms with E-state index in [0.717, 1.165) is 11.8 Å². The van der Waals surface area contributed by atoms with Gasteiger partial charge in [-0.05, 0) is 33.2 Å². The summed E-state index contributed by atoms with van der Waals surface area (Å²) in [6, 6.07) is 0.572. The topological polar surface area (TPSA) is 15.3 Å². The van der Waals surface area contributed by atoms with E-state index in [4.69, 9.17) is 0 Å². The zero-order valence-electron chi connectivity index (χ0n) is 12.3. The molecule has 0 aromatic heterocycles. The van der Waals surface area contributed by atoms with Crippen molar-refractivity contribution in [3.05, 3.63) is 0 Å². The largest absolute Gasteiger partial charge is 0.312 e. The van der Waals surface area contributed by atoms with Gasteiger partial charge in [0.1, 0.15) is 0 Å². The molecule has 102 valence electrons. The first-order valence-corrected chi connectivity index (χ1v) is 8.19. The van der Waals surface area contributed by atoms with Crippen molar-refractivity contribution in [1.29, 1.82) is 0 Å². The Morgan fingerprint density at radius 3 is 2.71 bits per heavy atom. The van der Waals surface area contributed by atoms with Crippen LogP contribution in [0.25, 0.3) is 0 Å². The fourth-order valence-electron chi connectivity index (χ4n) is 2.67. The molecule has 17 heavy (non-hydrogen) atoms. The minimum atomic E-state index is 0.310. The summed E-state index contributed by atoms with van der Waals surface area (Å²) in [7, 11) is 0. The lowest BCUT2D eigenvalue weighted by Gasteiger charge is -2.48. The molecule has 1 N–H and O–H groups in total. The number of hydrogen-bond acceptors (Lipinski definition) is 3. The Morgan fingerprint density at radius 2 is 2.18 bits per heavy atom. The van der Waals surface area contributed by atoms with Gasteiger partial charge in [0.25, 0.3) is 0 Å². The molecule has 1 saturated heterocycles. The number of hydrogen-bond donors (Lipinski definition) is 1. The molecule has 1 aliphatic heterocycles. The zero-order chi connectivity index (χ0) is 12.9. The summed E-state index contributed by atoms with van der Waals surface area (Å²) in [5, 5.41) is 4.47. The summed E-state index contributed by atoms with van der Waals surface area (Å²) >= 11 is 2.12. The molecular formula is C14H30N2S. The first kappa shape index (κ1) is 15.3. The van der Waals surface area contributed by atoms with Crippen molar-refractivity contribution in [3.8, 4) is 0 Å². The van der Waals surface area contributed by atoms with Crippen molar-refractivity contribution in [1.82, 2.24) is 10.2 Å². The van der Waals surface area contributed by atoms with Crippen LogP contribution in [-0.2, 0) is 0 Å². The predicted molar refractivity (Wildman–Crippen MR) is 79.9 cm³/mol. The maximum atomic E-state index is 3.69. The van der Waals surface area contributed by atoms with Gasteiger partial charge in [-0.1, -0.05) is 20.8 Å². The van der Waals surface area contributed by atoms with Gasteiger partial charge in [-0.2, -0.15) is 11.8 Å². The van der Waals surface area contributed by atoms with Gasteiger partial charge in [-0.25, -0.2) is 0 Å². The molecule has 1 heterocycles. The second-order valence-corrected chi connectivity index (χ2v) is 7.06. The summed E-state index contributed by atoms with van der Waals surface area (Å²) in [5.74, 6) is 1.29. The molecule has 3 unspecified atom stereocenters. The van der Waals surface area contributed by atoms with Crippen LogP contribution in [0.1, 0.15) is 47.5 Å². The van der Waals surface area contributed by atoms with Crippen LogP contribution in [0.2, 0.25) is 0 Å². The van der Waals surface area contributed by atoms with Crippen LogP contribution in [0, 0.1) is 0 Å². The van der Waals surface area contributed by atoms with Crippen LogP contribution in [0.3, 0.4) is 0 Å². The Hall–Kier alpha value is 0.270. The fraction of sp³-hybridized carbons (Fsp3) is 1.00. The van der Waals surface area contributed by atoms with Crippen molar-refractivity contribution in [2.24, 2.45) is 0 Å². The van der Waals surface area contributed by atoms with Gasteiger partial charge < -0.3 is 5.32 Å². The average molecular weight is 258 g/mol. The van der Waals surface area contributed by atoms with Gasteiger partial charge in [-0.3, -0.25) is 4.90 Å². The van der Waals surface area contributed by atoms with E-state index in [1.165, 1.54) is 31.7 Å². The molecular weight excluding hydrogens is 228 g/mol. The summed E-state index contributed by atoms with van der Waals surface area (Å²) in [5.41, 5.74) is 0.310. The second kappa shape index (κ2) is 7.01. The molecule has 2 nitrogen and oxygen atoms in total. The Bertz CT molecular complexity index is 222. The third-order valence-electron chi connectivity index (χ3n) is 4.31. The maximum absolute atomic E-state index is 3.69. The summed E-state index contributed by atoms with van der Waals surface area (Å²) in [6.45, 7) is 15.3. The van der Waals surface area contributed by atoms with Crippen LogP contribution in [0.15, 0.2) is 0 Å².